The van der Waals surface area contributed by atoms with Gasteiger partial charge in [-0.05, 0) is 59.6 Å². The minimum Gasteiger partial charge on any atom is -0.481 e. The van der Waals surface area contributed by atoms with E-state index in [0.29, 0.717) is 5.02 Å². The molecule has 104 valence electrons. The standard InChI is InChI=1S/C14H17BrClNO2/c15-11-5-4-10(8-12(11)16)13(9-14(18)19)17-6-2-1-3-7-17/h4-5,8,13H,1-3,6-7,9H2,(H,18,19). The molecule has 0 aliphatic carbocycles. The molecule has 1 aromatic rings. The second-order valence-electron chi connectivity index (χ2n) is 4.88. The lowest BCUT2D eigenvalue weighted by atomic mass is 9.99. The van der Waals surface area contributed by atoms with Crippen LogP contribution in [0.1, 0.15) is 37.3 Å². The number of hydrogen-bond acceptors (Lipinski definition) is 2. The van der Waals surface area contributed by atoms with E-state index in [1.807, 2.05) is 18.2 Å². The van der Waals surface area contributed by atoms with E-state index in [2.05, 4.69) is 20.8 Å². The molecule has 0 radical (unpaired) electrons. The van der Waals surface area contributed by atoms with Gasteiger partial charge < -0.3 is 5.11 Å². The van der Waals surface area contributed by atoms with Gasteiger partial charge in [0.25, 0.3) is 0 Å². The molecule has 1 aliphatic rings. The molecule has 1 fully saturated rings. The monoisotopic (exact) mass is 345 g/mol. The number of hydrogen-bond donors (Lipinski definition) is 1. The van der Waals surface area contributed by atoms with Crippen molar-refractivity contribution in [2.24, 2.45) is 0 Å². The second-order valence-corrected chi connectivity index (χ2v) is 6.15. The van der Waals surface area contributed by atoms with Crippen LogP contribution in [0.3, 0.4) is 0 Å². The highest BCUT2D eigenvalue weighted by Crippen LogP contribution is 2.32. The first-order valence-electron chi connectivity index (χ1n) is 6.48. The van der Waals surface area contributed by atoms with Crippen LogP contribution in [0.2, 0.25) is 5.02 Å². The van der Waals surface area contributed by atoms with Crippen molar-refractivity contribution in [1.29, 1.82) is 0 Å². The van der Waals surface area contributed by atoms with Gasteiger partial charge in [0.15, 0.2) is 0 Å². The van der Waals surface area contributed by atoms with Crippen molar-refractivity contribution in [2.45, 2.75) is 31.7 Å². The summed E-state index contributed by atoms with van der Waals surface area (Å²) in [6.07, 6.45) is 3.64. The first-order valence-corrected chi connectivity index (χ1v) is 7.66. The number of aliphatic carboxylic acids is 1. The number of likely N-dealkylation sites (tertiary alicyclic amines) is 1. The third kappa shape index (κ3) is 3.94. The molecular formula is C14H17BrClNO2. The highest BCUT2D eigenvalue weighted by molar-refractivity contribution is 9.10. The lowest BCUT2D eigenvalue weighted by Crippen LogP contribution is -2.35. The average Bonchev–Trinajstić information content (AvgIpc) is 2.40. The predicted octanol–water partition coefficient (Wildman–Crippen LogP) is 4.10. The van der Waals surface area contributed by atoms with Crippen molar-refractivity contribution in [3.63, 3.8) is 0 Å². The summed E-state index contributed by atoms with van der Waals surface area (Å²) in [7, 11) is 0. The molecule has 1 aliphatic heterocycles. The minimum atomic E-state index is -0.769. The lowest BCUT2D eigenvalue weighted by molar-refractivity contribution is -0.138. The van der Waals surface area contributed by atoms with E-state index in [1.54, 1.807) is 0 Å². The normalized spacial score (nSPS) is 18.2. The van der Waals surface area contributed by atoms with Crippen LogP contribution in [0.5, 0.6) is 0 Å². The Bertz CT molecular complexity index is 461. The Kier molecular flexibility index (Phi) is 5.25. The van der Waals surface area contributed by atoms with Crippen molar-refractivity contribution in [3.05, 3.63) is 33.3 Å². The van der Waals surface area contributed by atoms with Gasteiger partial charge in [0.05, 0.1) is 11.4 Å². The van der Waals surface area contributed by atoms with E-state index in [-0.39, 0.29) is 12.5 Å². The highest BCUT2D eigenvalue weighted by Gasteiger charge is 2.25. The number of carbonyl (C=O) groups is 1. The molecule has 1 heterocycles. The average molecular weight is 347 g/mol. The third-order valence-corrected chi connectivity index (χ3v) is 4.76. The maximum atomic E-state index is 11.1. The van der Waals surface area contributed by atoms with Crippen LogP contribution >= 0.6 is 27.5 Å². The largest absolute Gasteiger partial charge is 0.481 e. The lowest BCUT2D eigenvalue weighted by Gasteiger charge is -2.34. The van der Waals surface area contributed by atoms with Crippen LogP contribution in [-0.2, 0) is 4.79 Å². The Morgan fingerprint density at radius 2 is 2.05 bits per heavy atom. The number of carboxylic acids is 1. The number of halogens is 2. The number of rotatable bonds is 4. The van der Waals surface area contributed by atoms with Gasteiger partial charge in [0, 0.05) is 10.5 Å². The van der Waals surface area contributed by atoms with Gasteiger partial charge in [-0.15, -0.1) is 0 Å². The summed E-state index contributed by atoms with van der Waals surface area (Å²) in [5.41, 5.74) is 0.984. The Hall–Kier alpha value is -0.580. The smallest absolute Gasteiger partial charge is 0.305 e. The number of piperidine rings is 1. The summed E-state index contributed by atoms with van der Waals surface area (Å²) >= 11 is 9.48. The Morgan fingerprint density at radius 3 is 2.63 bits per heavy atom. The van der Waals surface area contributed by atoms with Crippen molar-refractivity contribution < 1.29 is 9.90 Å². The Labute approximate surface area is 126 Å². The third-order valence-electron chi connectivity index (χ3n) is 3.53. The molecule has 0 saturated carbocycles. The molecule has 0 amide bonds. The molecule has 2 rings (SSSR count). The summed E-state index contributed by atoms with van der Waals surface area (Å²) < 4.78 is 0.839. The Morgan fingerprint density at radius 1 is 1.37 bits per heavy atom. The topological polar surface area (TPSA) is 40.5 Å². The summed E-state index contributed by atoms with van der Waals surface area (Å²) in [4.78, 5) is 13.4. The molecule has 19 heavy (non-hydrogen) atoms. The molecule has 1 atom stereocenters. The van der Waals surface area contributed by atoms with Crippen molar-refractivity contribution in [3.8, 4) is 0 Å². The zero-order valence-corrected chi connectivity index (χ0v) is 13.0. The van der Waals surface area contributed by atoms with E-state index >= 15 is 0 Å². The Balaban J connectivity index is 2.24. The molecule has 0 spiro atoms. The van der Waals surface area contributed by atoms with Crippen molar-refractivity contribution in [2.75, 3.05) is 13.1 Å². The molecule has 1 N–H and O–H groups in total. The fourth-order valence-corrected chi connectivity index (χ4v) is 3.01. The van der Waals surface area contributed by atoms with Gasteiger partial charge in [0.1, 0.15) is 0 Å². The summed E-state index contributed by atoms with van der Waals surface area (Å²) in [6, 6.07) is 5.63. The van der Waals surface area contributed by atoms with Crippen LogP contribution in [0.25, 0.3) is 0 Å². The number of benzene rings is 1. The van der Waals surface area contributed by atoms with Crippen LogP contribution in [0.4, 0.5) is 0 Å². The number of carboxylic acid groups (broad SMARTS) is 1. The summed E-state index contributed by atoms with van der Waals surface area (Å²) in [6.45, 7) is 1.93. The van der Waals surface area contributed by atoms with Crippen LogP contribution in [-0.4, -0.2) is 29.1 Å². The number of nitrogens with zero attached hydrogens (tertiary/aromatic N) is 1. The van der Waals surface area contributed by atoms with Crippen molar-refractivity contribution >= 4 is 33.5 Å². The van der Waals surface area contributed by atoms with Crippen LogP contribution in [0.15, 0.2) is 22.7 Å². The summed E-state index contributed by atoms with van der Waals surface area (Å²) in [5, 5.41) is 9.76. The van der Waals surface area contributed by atoms with Crippen LogP contribution < -0.4 is 0 Å². The minimum absolute atomic E-state index is 0.0802. The molecule has 1 unspecified atom stereocenters. The van der Waals surface area contributed by atoms with E-state index in [9.17, 15) is 4.79 Å². The zero-order chi connectivity index (χ0) is 13.8. The molecule has 5 heteroatoms. The SMILES string of the molecule is O=C(O)CC(c1ccc(Br)c(Cl)c1)N1CCCCC1. The van der Waals surface area contributed by atoms with E-state index < -0.39 is 5.97 Å². The van der Waals surface area contributed by atoms with E-state index in [4.69, 9.17) is 16.7 Å². The van der Waals surface area contributed by atoms with Gasteiger partial charge in [-0.1, -0.05) is 24.1 Å². The fraction of sp³-hybridized carbons (Fsp3) is 0.500. The van der Waals surface area contributed by atoms with E-state index in [1.165, 1.54) is 6.42 Å². The van der Waals surface area contributed by atoms with Gasteiger partial charge in [-0.25, -0.2) is 0 Å². The maximum absolute atomic E-state index is 11.1. The molecule has 0 aromatic heterocycles. The van der Waals surface area contributed by atoms with E-state index in [0.717, 1.165) is 36.0 Å². The van der Waals surface area contributed by atoms with Gasteiger partial charge >= 0.3 is 5.97 Å². The zero-order valence-electron chi connectivity index (χ0n) is 10.6. The fourth-order valence-electron chi connectivity index (χ4n) is 2.57. The molecular weight excluding hydrogens is 330 g/mol. The first kappa shape index (κ1) is 14.8. The van der Waals surface area contributed by atoms with Crippen LogP contribution in [0, 0.1) is 0 Å². The first-order chi connectivity index (χ1) is 9.08. The van der Waals surface area contributed by atoms with Gasteiger partial charge in [0.2, 0.25) is 0 Å². The molecule has 0 bridgehead atoms. The van der Waals surface area contributed by atoms with Gasteiger partial charge in [-0.3, -0.25) is 9.69 Å². The molecule has 3 nitrogen and oxygen atoms in total. The molecule has 1 saturated heterocycles. The summed E-state index contributed by atoms with van der Waals surface area (Å²) in [5.74, 6) is -0.769. The quantitative estimate of drug-likeness (QED) is 0.892. The highest BCUT2D eigenvalue weighted by atomic mass is 79.9. The van der Waals surface area contributed by atoms with Crippen molar-refractivity contribution in [1.82, 2.24) is 4.90 Å². The second kappa shape index (κ2) is 6.73. The predicted molar refractivity (Wildman–Crippen MR) is 79.6 cm³/mol. The maximum Gasteiger partial charge on any atom is 0.305 e. The molecule has 1 aromatic carbocycles. The van der Waals surface area contributed by atoms with Gasteiger partial charge in [-0.2, -0.15) is 0 Å².